The van der Waals surface area contributed by atoms with E-state index in [9.17, 15) is 9.59 Å². The first-order valence-corrected chi connectivity index (χ1v) is 6.78. The largest absolute Gasteiger partial charge is 0.359 e. The number of pyridine rings is 2. The van der Waals surface area contributed by atoms with Gasteiger partial charge < -0.3 is 15.6 Å². The molecular weight excluding hydrogens is 280 g/mol. The number of benzene rings is 1. The second kappa shape index (κ2) is 6.09. The van der Waals surface area contributed by atoms with Crippen molar-refractivity contribution in [3.63, 3.8) is 0 Å². The number of amides is 2. The minimum atomic E-state index is -0.440. The van der Waals surface area contributed by atoms with Crippen LogP contribution in [0.2, 0.25) is 0 Å². The van der Waals surface area contributed by atoms with E-state index in [-0.39, 0.29) is 11.1 Å². The Morgan fingerprint density at radius 3 is 2.86 bits per heavy atom. The molecule has 0 atom stereocenters. The number of para-hydroxylation sites is 1. The van der Waals surface area contributed by atoms with Crippen molar-refractivity contribution in [2.24, 2.45) is 0 Å². The highest BCUT2D eigenvalue weighted by molar-refractivity contribution is 5.91. The van der Waals surface area contributed by atoms with Crippen LogP contribution in [0.25, 0.3) is 10.9 Å². The number of nitrogens with one attached hydrogen (secondary N) is 3. The molecule has 2 heterocycles. The summed E-state index contributed by atoms with van der Waals surface area (Å²) in [4.78, 5) is 31.1. The quantitative estimate of drug-likeness (QED) is 0.692. The molecule has 2 amide bonds. The molecular formula is C16H14N4O2. The number of hydrogen-bond acceptors (Lipinski definition) is 3. The average Bonchev–Trinajstić information content (AvgIpc) is 2.57. The molecule has 3 aromatic rings. The van der Waals surface area contributed by atoms with Crippen molar-refractivity contribution in [2.45, 2.75) is 6.54 Å². The summed E-state index contributed by atoms with van der Waals surface area (Å²) in [5.74, 6) is 0. The average molecular weight is 294 g/mol. The number of rotatable bonds is 3. The molecule has 0 spiro atoms. The number of aromatic amines is 1. The maximum absolute atomic E-state index is 12.3. The first-order valence-electron chi connectivity index (χ1n) is 6.78. The van der Waals surface area contributed by atoms with Crippen LogP contribution in [0, 0.1) is 0 Å². The number of urea groups is 1. The van der Waals surface area contributed by atoms with E-state index in [1.165, 1.54) is 6.20 Å². The molecule has 2 aromatic heterocycles. The molecule has 3 rings (SSSR count). The van der Waals surface area contributed by atoms with Gasteiger partial charge in [0, 0.05) is 36.0 Å². The predicted molar refractivity (Wildman–Crippen MR) is 84.7 cm³/mol. The minimum Gasteiger partial charge on any atom is -0.359 e. The molecule has 0 aliphatic heterocycles. The fourth-order valence-electron chi connectivity index (χ4n) is 2.11. The molecule has 6 heteroatoms. The Balaban J connectivity index is 1.72. The van der Waals surface area contributed by atoms with Crippen molar-refractivity contribution in [3.05, 3.63) is 70.8 Å². The highest BCUT2D eigenvalue weighted by Gasteiger charge is 2.08. The molecule has 0 bridgehead atoms. The molecule has 110 valence electrons. The van der Waals surface area contributed by atoms with Gasteiger partial charge in [-0.1, -0.05) is 18.2 Å². The van der Waals surface area contributed by atoms with Gasteiger partial charge in [0.15, 0.2) is 0 Å². The van der Waals surface area contributed by atoms with Crippen LogP contribution in [0.15, 0.2) is 59.8 Å². The van der Waals surface area contributed by atoms with E-state index in [0.29, 0.717) is 11.9 Å². The van der Waals surface area contributed by atoms with Crippen LogP contribution in [-0.2, 0) is 6.54 Å². The maximum atomic E-state index is 12.3. The van der Waals surface area contributed by atoms with Gasteiger partial charge in [0.1, 0.15) is 5.69 Å². The number of carbonyl (C=O) groups is 1. The normalized spacial score (nSPS) is 10.4. The third kappa shape index (κ3) is 2.95. The summed E-state index contributed by atoms with van der Waals surface area (Å²) in [5.41, 5.74) is 1.60. The number of H-pyrrole nitrogens is 1. The van der Waals surface area contributed by atoms with Crippen LogP contribution in [0.4, 0.5) is 10.5 Å². The SMILES string of the molecule is O=C(NCc1cccnc1)Nc1c[nH]c2ccccc2c1=O. The molecule has 22 heavy (non-hydrogen) atoms. The molecule has 6 nitrogen and oxygen atoms in total. The number of nitrogens with zero attached hydrogens (tertiary/aromatic N) is 1. The van der Waals surface area contributed by atoms with Crippen LogP contribution in [0.5, 0.6) is 0 Å². The van der Waals surface area contributed by atoms with Gasteiger partial charge in [-0.2, -0.15) is 0 Å². The lowest BCUT2D eigenvalue weighted by Gasteiger charge is -2.08. The molecule has 3 N–H and O–H groups in total. The Morgan fingerprint density at radius 1 is 1.18 bits per heavy atom. The summed E-state index contributed by atoms with van der Waals surface area (Å²) >= 11 is 0. The van der Waals surface area contributed by atoms with Crippen LogP contribution >= 0.6 is 0 Å². The van der Waals surface area contributed by atoms with E-state index >= 15 is 0 Å². The van der Waals surface area contributed by atoms with Crippen molar-refractivity contribution < 1.29 is 4.79 Å². The van der Waals surface area contributed by atoms with Crippen molar-refractivity contribution in [3.8, 4) is 0 Å². The second-order valence-electron chi connectivity index (χ2n) is 4.75. The summed E-state index contributed by atoms with van der Waals surface area (Å²) in [7, 11) is 0. The van der Waals surface area contributed by atoms with E-state index in [0.717, 1.165) is 11.1 Å². The van der Waals surface area contributed by atoms with Gasteiger partial charge in [-0.25, -0.2) is 4.79 Å². The lowest BCUT2D eigenvalue weighted by atomic mass is 10.2. The zero-order valence-electron chi connectivity index (χ0n) is 11.7. The van der Waals surface area contributed by atoms with E-state index < -0.39 is 6.03 Å². The summed E-state index contributed by atoms with van der Waals surface area (Å²) in [6.45, 7) is 0.338. The fraction of sp³-hybridized carbons (Fsp3) is 0.0625. The Bertz CT molecular complexity index is 859. The Kier molecular flexibility index (Phi) is 3.82. The van der Waals surface area contributed by atoms with E-state index in [2.05, 4.69) is 20.6 Å². The molecule has 0 saturated heterocycles. The first kappa shape index (κ1) is 13.8. The Hall–Kier alpha value is -3.15. The molecule has 0 unspecified atom stereocenters. The number of hydrogen-bond donors (Lipinski definition) is 3. The van der Waals surface area contributed by atoms with Gasteiger partial charge in [0.2, 0.25) is 5.43 Å². The van der Waals surface area contributed by atoms with Crippen LogP contribution in [0.3, 0.4) is 0 Å². The molecule has 0 saturated carbocycles. The topological polar surface area (TPSA) is 86.9 Å². The highest BCUT2D eigenvalue weighted by atomic mass is 16.2. The number of carbonyl (C=O) groups excluding carboxylic acids is 1. The van der Waals surface area contributed by atoms with Gasteiger partial charge in [-0.15, -0.1) is 0 Å². The summed E-state index contributed by atoms with van der Waals surface area (Å²) in [6.07, 6.45) is 4.83. The summed E-state index contributed by atoms with van der Waals surface area (Å²) in [5, 5.41) is 5.77. The number of aromatic nitrogens is 2. The highest BCUT2D eigenvalue weighted by Crippen LogP contribution is 2.09. The standard InChI is InChI=1S/C16H14N4O2/c21-15-12-5-1-2-6-13(12)18-10-14(15)20-16(22)19-9-11-4-3-7-17-8-11/h1-8,10H,9H2,(H,18,21)(H2,19,20,22). The molecule has 1 aromatic carbocycles. The van der Waals surface area contributed by atoms with Gasteiger partial charge in [0.05, 0.1) is 0 Å². The molecule has 0 fully saturated rings. The van der Waals surface area contributed by atoms with Gasteiger partial charge in [0.25, 0.3) is 0 Å². The first-order chi connectivity index (χ1) is 10.7. The Morgan fingerprint density at radius 2 is 2.05 bits per heavy atom. The summed E-state index contributed by atoms with van der Waals surface area (Å²) in [6, 6.07) is 10.4. The van der Waals surface area contributed by atoms with E-state index in [1.54, 1.807) is 30.6 Å². The van der Waals surface area contributed by atoms with Crippen LogP contribution < -0.4 is 16.1 Å². The van der Waals surface area contributed by atoms with E-state index in [1.807, 2.05) is 18.2 Å². The third-order valence-electron chi connectivity index (χ3n) is 3.21. The van der Waals surface area contributed by atoms with Crippen molar-refractivity contribution in [2.75, 3.05) is 5.32 Å². The number of fused-ring (bicyclic) bond motifs is 1. The zero-order valence-corrected chi connectivity index (χ0v) is 11.7. The number of anilines is 1. The van der Waals surface area contributed by atoms with Gasteiger partial charge >= 0.3 is 6.03 Å². The summed E-state index contributed by atoms with van der Waals surface area (Å²) < 4.78 is 0. The monoisotopic (exact) mass is 294 g/mol. The fourth-order valence-corrected chi connectivity index (χ4v) is 2.11. The predicted octanol–water partition coefficient (Wildman–Crippen LogP) is 2.24. The lowest BCUT2D eigenvalue weighted by molar-refractivity contribution is 0.251. The zero-order chi connectivity index (χ0) is 15.4. The van der Waals surface area contributed by atoms with Crippen LogP contribution in [0.1, 0.15) is 5.56 Å². The van der Waals surface area contributed by atoms with Gasteiger partial charge in [-0.05, 0) is 23.8 Å². The Labute approximate surface area is 126 Å². The molecule has 0 radical (unpaired) electrons. The smallest absolute Gasteiger partial charge is 0.319 e. The van der Waals surface area contributed by atoms with Crippen molar-refractivity contribution in [1.29, 1.82) is 0 Å². The molecule has 0 aliphatic carbocycles. The van der Waals surface area contributed by atoms with Crippen molar-refractivity contribution in [1.82, 2.24) is 15.3 Å². The lowest BCUT2D eigenvalue weighted by Crippen LogP contribution is -2.30. The second-order valence-corrected chi connectivity index (χ2v) is 4.75. The molecule has 0 aliphatic rings. The van der Waals surface area contributed by atoms with E-state index in [4.69, 9.17) is 0 Å². The maximum Gasteiger partial charge on any atom is 0.319 e. The minimum absolute atomic E-state index is 0.211. The van der Waals surface area contributed by atoms with Crippen molar-refractivity contribution >= 4 is 22.6 Å². The van der Waals surface area contributed by atoms with Gasteiger partial charge in [-0.3, -0.25) is 9.78 Å². The van der Waals surface area contributed by atoms with Crippen LogP contribution in [-0.4, -0.2) is 16.0 Å². The third-order valence-corrected chi connectivity index (χ3v) is 3.21.